The molecule has 1 aliphatic heterocycles. The van der Waals surface area contributed by atoms with Crippen LogP contribution in [-0.4, -0.2) is 36.8 Å². The van der Waals surface area contributed by atoms with E-state index in [9.17, 15) is 0 Å². The Hall–Kier alpha value is -2.33. The van der Waals surface area contributed by atoms with E-state index in [0.29, 0.717) is 24.0 Å². The zero-order valence-electron chi connectivity index (χ0n) is 17.4. The van der Waals surface area contributed by atoms with Crippen LogP contribution in [0.15, 0.2) is 65.7 Å². The van der Waals surface area contributed by atoms with Gasteiger partial charge >= 0.3 is 0 Å². The first-order chi connectivity index (χ1) is 13.5. The number of hydrogen-bond donors (Lipinski definition) is 2. The molecular formula is C24H33N3O. The molecule has 3 rings (SSSR count). The maximum absolute atomic E-state index is 6.26. The first-order valence-corrected chi connectivity index (χ1v) is 10.4. The second-order valence-electron chi connectivity index (χ2n) is 8.12. The van der Waals surface area contributed by atoms with Crippen LogP contribution in [0.5, 0.6) is 0 Å². The van der Waals surface area contributed by atoms with E-state index in [0.717, 1.165) is 13.0 Å². The minimum atomic E-state index is 0.115. The number of nitrogens with one attached hydrogen (secondary N) is 2. The molecular weight excluding hydrogens is 346 g/mol. The summed E-state index contributed by atoms with van der Waals surface area (Å²) in [4.78, 5) is 4.62. The summed E-state index contributed by atoms with van der Waals surface area (Å²) < 4.78 is 6.26. The van der Waals surface area contributed by atoms with Crippen LogP contribution in [0.2, 0.25) is 0 Å². The van der Waals surface area contributed by atoms with E-state index in [1.165, 1.54) is 11.1 Å². The summed E-state index contributed by atoms with van der Waals surface area (Å²) in [7, 11) is 0. The standard InChI is InChI=1S/C24H33N3O/c1-17(2)26-24(27-18(3)4)28-21-15-22(25-16-21)23(19-11-7-5-8-12-19)20-13-9-6-10-14-20/h5-14,17-18,21-23,25H,15-16H2,1-4H3,(H,26,27)/t21-,22?/m0/s1. The van der Waals surface area contributed by atoms with E-state index < -0.39 is 0 Å². The van der Waals surface area contributed by atoms with Crippen LogP contribution < -0.4 is 10.6 Å². The third-order valence-corrected chi connectivity index (χ3v) is 4.91. The molecule has 0 saturated carbocycles. The summed E-state index contributed by atoms with van der Waals surface area (Å²) in [5.41, 5.74) is 2.67. The van der Waals surface area contributed by atoms with Crippen molar-refractivity contribution in [1.29, 1.82) is 0 Å². The molecule has 4 heteroatoms. The summed E-state index contributed by atoms with van der Waals surface area (Å²) in [5, 5.41) is 7.05. The van der Waals surface area contributed by atoms with Crippen molar-refractivity contribution >= 4 is 6.02 Å². The number of benzene rings is 2. The minimum Gasteiger partial charge on any atom is -0.461 e. The van der Waals surface area contributed by atoms with Gasteiger partial charge in [0.15, 0.2) is 0 Å². The van der Waals surface area contributed by atoms with Crippen LogP contribution >= 0.6 is 0 Å². The molecule has 0 amide bonds. The minimum absolute atomic E-state index is 0.115. The molecule has 28 heavy (non-hydrogen) atoms. The Morgan fingerprint density at radius 2 is 1.54 bits per heavy atom. The molecule has 2 aromatic rings. The quantitative estimate of drug-likeness (QED) is 0.580. The number of amidine groups is 1. The van der Waals surface area contributed by atoms with Gasteiger partial charge in [0.05, 0.1) is 0 Å². The van der Waals surface area contributed by atoms with Crippen LogP contribution in [-0.2, 0) is 4.74 Å². The van der Waals surface area contributed by atoms with Gasteiger partial charge in [-0.2, -0.15) is 0 Å². The van der Waals surface area contributed by atoms with Crippen molar-refractivity contribution in [2.45, 2.75) is 64.3 Å². The summed E-state index contributed by atoms with van der Waals surface area (Å²) in [6.45, 7) is 9.19. The normalized spacial score (nSPS) is 20.2. The summed E-state index contributed by atoms with van der Waals surface area (Å²) in [6.07, 6.45) is 1.06. The summed E-state index contributed by atoms with van der Waals surface area (Å²) >= 11 is 0. The van der Waals surface area contributed by atoms with Crippen LogP contribution in [0.25, 0.3) is 0 Å². The Morgan fingerprint density at radius 1 is 0.964 bits per heavy atom. The number of nitrogens with zero attached hydrogens (tertiary/aromatic N) is 1. The van der Waals surface area contributed by atoms with Crippen molar-refractivity contribution in [3.05, 3.63) is 71.8 Å². The lowest BCUT2D eigenvalue weighted by atomic mass is 9.84. The lowest BCUT2D eigenvalue weighted by Crippen LogP contribution is -2.36. The van der Waals surface area contributed by atoms with Gasteiger partial charge < -0.3 is 15.4 Å². The molecule has 1 fully saturated rings. The molecule has 0 aliphatic carbocycles. The van der Waals surface area contributed by atoms with Gasteiger partial charge in [0.2, 0.25) is 0 Å². The average molecular weight is 380 g/mol. The number of hydrogen-bond acceptors (Lipinski definition) is 3. The topological polar surface area (TPSA) is 45.7 Å². The number of rotatable bonds is 6. The highest BCUT2D eigenvalue weighted by Crippen LogP contribution is 2.32. The van der Waals surface area contributed by atoms with Gasteiger partial charge in [0, 0.05) is 37.0 Å². The van der Waals surface area contributed by atoms with Crippen molar-refractivity contribution in [2.24, 2.45) is 4.99 Å². The van der Waals surface area contributed by atoms with Crippen molar-refractivity contribution in [1.82, 2.24) is 10.6 Å². The molecule has 0 aromatic heterocycles. The molecule has 4 nitrogen and oxygen atoms in total. The number of ether oxygens (including phenoxy) is 1. The molecule has 0 bridgehead atoms. The maximum Gasteiger partial charge on any atom is 0.285 e. The van der Waals surface area contributed by atoms with Crippen molar-refractivity contribution in [3.63, 3.8) is 0 Å². The van der Waals surface area contributed by atoms with Crippen molar-refractivity contribution < 1.29 is 4.74 Å². The van der Waals surface area contributed by atoms with Crippen LogP contribution in [0, 0.1) is 0 Å². The van der Waals surface area contributed by atoms with Gasteiger partial charge in [0.25, 0.3) is 6.02 Å². The highest BCUT2D eigenvalue weighted by Gasteiger charge is 2.34. The van der Waals surface area contributed by atoms with E-state index in [1.54, 1.807) is 0 Å². The average Bonchev–Trinajstić information content (AvgIpc) is 3.10. The zero-order valence-corrected chi connectivity index (χ0v) is 17.4. The van der Waals surface area contributed by atoms with E-state index in [2.05, 4.69) is 104 Å². The lowest BCUT2D eigenvalue weighted by Gasteiger charge is -2.25. The van der Waals surface area contributed by atoms with E-state index >= 15 is 0 Å². The van der Waals surface area contributed by atoms with E-state index in [-0.39, 0.29) is 12.1 Å². The van der Waals surface area contributed by atoms with Gasteiger partial charge in [-0.05, 0) is 38.8 Å². The third kappa shape index (κ3) is 5.59. The Bertz CT molecular complexity index is 703. The van der Waals surface area contributed by atoms with Gasteiger partial charge in [-0.25, -0.2) is 4.99 Å². The zero-order chi connectivity index (χ0) is 19.9. The Kier molecular flexibility index (Phi) is 7.10. The molecule has 0 spiro atoms. The molecule has 2 atom stereocenters. The first-order valence-electron chi connectivity index (χ1n) is 10.4. The molecule has 1 saturated heterocycles. The monoisotopic (exact) mass is 379 g/mol. The lowest BCUT2D eigenvalue weighted by molar-refractivity contribution is 0.191. The maximum atomic E-state index is 6.26. The van der Waals surface area contributed by atoms with E-state index in [1.807, 2.05) is 0 Å². The summed E-state index contributed by atoms with van der Waals surface area (Å²) in [6, 6.07) is 23.0. The molecule has 1 unspecified atom stereocenters. The first kappa shape index (κ1) is 20.4. The van der Waals surface area contributed by atoms with Gasteiger partial charge in [-0.3, -0.25) is 0 Å². The van der Waals surface area contributed by atoms with Crippen molar-refractivity contribution in [2.75, 3.05) is 6.54 Å². The molecule has 1 aliphatic rings. The van der Waals surface area contributed by atoms with Gasteiger partial charge in [0.1, 0.15) is 6.10 Å². The van der Waals surface area contributed by atoms with Crippen LogP contribution in [0.1, 0.15) is 51.2 Å². The molecule has 150 valence electrons. The molecule has 2 N–H and O–H groups in total. The smallest absolute Gasteiger partial charge is 0.285 e. The second-order valence-corrected chi connectivity index (χ2v) is 8.12. The predicted molar refractivity (Wildman–Crippen MR) is 117 cm³/mol. The molecule has 0 radical (unpaired) electrons. The highest BCUT2D eigenvalue weighted by atomic mass is 16.5. The fourth-order valence-corrected chi connectivity index (χ4v) is 3.80. The Balaban J connectivity index is 1.76. The third-order valence-electron chi connectivity index (χ3n) is 4.91. The van der Waals surface area contributed by atoms with E-state index in [4.69, 9.17) is 4.74 Å². The van der Waals surface area contributed by atoms with Gasteiger partial charge in [-0.1, -0.05) is 60.7 Å². The largest absolute Gasteiger partial charge is 0.461 e. The van der Waals surface area contributed by atoms with Gasteiger partial charge in [-0.15, -0.1) is 0 Å². The van der Waals surface area contributed by atoms with Crippen LogP contribution in [0.3, 0.4) is 0 Å². The fraction of sp³-hybridized carbons (Fsp3) is 0.458. The predicted octanol–water partition coefficient (Wildman–Crippen LogP) is 4.33. The number of aliphatic imine (C=N–C) groups is 1. The second kappa shape index (κ2) is 9.74. The van der Waals surface area contributed by atoms with Crippen molar-refractivity contribution in [3.8, 4) is 0 Å². The molecule has 2 aromatic carbocycles. The fourth-order valence-electron chi connectivity index (χ4n) is 3.80. The SMILES string of the molecule is CC(C)N=C(NC(C)C)O[C@@H]1CNC(C(c2ccccc2)c2ccccc2)C1. The Labute approximate surface area is 169 Å². The summed E-state index contributed by atoms with van der Waals surface area (Å²) in [5.74, 6) is 0.305. The Morgan fingerprint density at radius 3 is 2.04 bits per heavy atom. The molecule has 1 heterocycles. The highest BCUT2D eigenvalue weighted by molar-refractivity contribution is 5.74. The van der Waals surface area contributed by atoms with Crippen LogP contribution in [0.4, 0.5) is 0 Å².